The zero-order valence-electron chi connectivity index (χ0n) is 10.8. The van der Waals surface area contributed by atoms with E-state index in [0.29, 0.717) is 17.9 Å². The SMILES string of the molecule is Cc1cc(C(C)NCC2(CC#N)CC2)c(C)s1. The Morgan fingerprint density at radius 2 is 2.24 bits per heavy atom. The second kappa shape index (κ2) is 4.80. The molecule has 0 radical (unpaired) electrons. The highest BCUT2D eigenvalue weighted by molar-refractivity contribution is 7.12. The van der Waals surface area contributed by atoms with Gasteiger partial charge in [-0.1, -0.05) is 0 Å². The van der Waals surface area contributed by atoms with Crippen molar-refractivity contribution in [1.82, 2.24) is 5.32 Å². The molecule has 2 rings (SSSR count). The Kier molecular flexibility index (Phi) is 3.56. The van der Waals surface area contributed by atoms with E-state index in [4.69, 9.17) is 5.26 Å². The van der Waals surface area contributed by atoms with Crippen LogP contribution in [0.1, 0.15) is 47.5 Å². The van der Waals surface area contributed by atoms with Crippen LogP contribution in [0.4, 0.5) is 0 Å². The molecule has 2 nitrogen and oxygen atoms in total. The van der Waals surface area contributed by atoms with E-state index in [1.807, 2.05) is 11.3 Å². The fraction of sp³-hybridized carbons (Fsp3) is 0.643. The Bertz CT molecular complexity index is 438. The number of hydrogen-bond donors (Lipinski definition) is 1. The Balaban J connectivity index is 1.92. The predicted molar refractivity (Wildman–Crippen MR) is 72.1 cm³/mol. The molecule has 1 aliphatic rings. The number of rotatable bonds is 5. The van der Waals surface area contributed by atoms with Crippen molar-refractivity contribution in [2.45, 2.75) is 46.1 Å². The largest absolute Gasteiger partial charge is 0.310 e. The van der Waals surface area contributed by atoms with E-state index in [9.17, 15) is 0 Å². The van der Waals surface area contributed by atoms with Crippen molar-refractivity contribution in [3.05, 3.63) is 21.4 Å². The van der Waals surface area contributed by atoms with Gasteiger partial charge in [-0.05, 0) is 50.7 Å². The summed E-state index contributed by atoms with van der Waals surface area (Å²) in [5.41, 5.74) is 1.71. The molecule has 0 aliphatic heterocycles. The van der Waals surface area contributed by atoms with Crippen LogP contribution in [0, 0.1) is 30.6 Å². The van der Waals surface area contributed by atoms with Gasteiger partial charge in [-0.2, -0.15) is 5.26 Å². The average Bonchev–Trinajstić information content (AvgIpc) is 2.95. The smallest absolute Gasteiger partial charge is 0.0628 e. The van der Waals surface area contributed by atoms with Gasteiger partial charge in [0.25, 0.3) is 0 Å². The quantitative estimate of drug-likeness (QED) is 0.862. The van der Waals surface area contributed by atoms with Crippen molar-refractivity contribution in [1.29, 1.82) is 5.26 Å². The summed E-state index contributed by atoms with van der Waals surface area (Å²) in [6.45, 7) is 7.55. The van der Waals surface area contributed by atoms with Gasteiger partial charge in [0, 0.05) is 28.8 Å². The summed E-state index contributed by atoms with van der Waals surface area (Å²) in [6, 6.07) is 4.99. The van der Waals surface area contributed by atoms with E-state index in [2.05, 4.69) is 38.2 Å². The summed E-state index contributed by atoms with van der Waals surface area (Å²) in [5, 5.41) is 12.4. The Labute approximate surface area is 108 Å². The van der Waals surface area contributed by atoms with Crippen LogP contribution in [0.25, 0.3) is 0 Å². The fourth-order valence-electron chi connectivity index (χ4n) is 2.32. The van der Waals surface area contributed by atoms with Crippen molar-refractivity contribution in [2.75, 3.05) is 6.54 Å². The number of aryl methyl sites for hydroxylation is 2. The molecule has 0 spiro atoms. The number of thiophene rings is 1. The minimum Gasteiger partial charge on any atom is -0.310 e. The predicted octanol–water partition coefficient (Wildman–Crippen LogP) is 3.71. The summed E-state index contributed by atoms with van der Waals surface area (Å²) in [6.07, 6.45) is 3.12. The number of nitrogens with one attached hydrogen (secondary N) is 1. The first kappa shape index (κ1) is 12.6. The summed E-state index contributed by atoms with van der Waals surface area (Å²) < 4.78 is 0. The van der Waals surface area contributed by atoms with Gasteiger partial charge in [0.15, 0.2) is 0 Å². The maximum atomic E-state index is 8.80. The average molecular weight is 248 g/mol. The molecule has 1 aliphatic carbocycles. The lowest BCUT2D eigenvalue weighted by molar-refractivity contribution is 0.433. The maximum Gasteiger partial charge on any atom is 0.0628 e. The molecule has 1 unspecified atom stereocenters. The highest BCUT2D eigenvalue weighted by Crippen LogP contribution is 2.48. The lowest BCUT2D eigenvalue weighted by Gasteiger charge is -2.18. The van der Waals surface area contributed by atoms with Gasteiger partial charge in [-0.3, -0.25) is 0 Å². The van der Waals surface area contributed by atoms with Crippen LogP contribution in [0.3, 0.4) is 0 Å². The van der Waals surface area contributed by atoms with Crippen LogP contribution in [-0.2, 0) is 0 Å². The molecule has 0 aromatic carbocycles. The van der Waals surface area contributed by atoms with Gasteiger partial charge in [0.1, 0.15) is 0 Å². The molecule has 1 aromatic rings. The molecular weight excluding hydrogens is 228 g/mol. The molecule has 0 amide bonds. The summed E-state index contributed by atoms with van der Waals surface area (Å²) in [5.74, 6) is 0. The number of nitriles is 1. The summed E-state index contributed by atoms with van der Waals surface area (Å²) in [4.78, 5) is 2.79. The van der Waals surface area contributed by atoms with E-state index in [1.54, 1.807) is 0 Å². The number of hydrogen-bond acceptors (Lipinski definition) is 3. The van der Waals surface area contributed by atoms with Crippen LogP contribution in [0.5, 0.6) is 0 Å². The first-order valence-corrected chi connectivity index (χ1v) is 7.05. The van der Waals surface area contributed by atoms with Crippen LogP contribution in [0.15, 0.2) is 6.07 Å². The van der Waals surface area contributed by atoms with Gasteiger partial charge in [0.2, 0.25) is 0 Å². The standard InChI is InChI=1S/C14H20N2S/c1-10-8-13(12(3)17-10)11(2)16-9-14(4-5-14)6-7-15/h8,11,16H,4-6,9H2,1-3H3. The molecule has 1 saturated carbocycles. The van der Waals surface area contributed by atoms with Gasteiger partial charge in [-0.25, -0.2) is 0 Å². The molecular formula is C14H20N2S. The molecule has 1 aromatic heterocycles. The van der Waals surface area contributed by atoms with Gasteiger partial charge < -0.3 is 5.32 Å². The lowest BCUT2D eigenvalue weighted by atomic mass is 10.0. The highest BCUT2D eigenvalue weighted by atomic mass is 32.1. The molecule has 1 fully saturated rings. The first-order chi connectivity index (χ1) is 8.06. The van der Waals surface area contributed by atoms with Crippen LogP contribution >= 0.6 is 11.3 Å². The lowest BCUT2D eigenvalue weighted by Crippen LogP contribution is -2.26. The summed E-state index contributed by atoms with van der Waals surface area (Å²) in [7, 11) is 0. The number of nitrogens with zero attached hydrogens (tertiary/aromatic N) is 1. The third-order valence-corrected chi connectivity index (χ3v) is 4.72. The molecule has 3 heteroatoms. The fourth-order valence-corrected chi connectivity index (χ4v) is 3.34. The summed E-state index contributed by atoms with van der Waals surface area (Å²) >= 11 is 1.86. The molecule has 1 N–H and O–H groups in total. The molecule has 0 saturated heterocycles. The minimum absolute atomic E-state index is 0.294. The second-order valence-corrected chi connectivity index (χ2v) is 6.77. The molecule has 0 bridgehead atoms. The molecule has 1 heterocycles. The van der Waals surface area contributed by atoms with E-state index in [0.717, 1.165) is 6.54 Å². The van der Waals surface area contributed by atoms with Crippen molar-refractivity contribution in [3.63, 3.8) is 0 Å². The van der Waals surface area contributed by atoms with E-state index in [-0.39, 0.29) is 0 Å². The van der Waals surface area contributed by atoms with E-state index < -0.39 is 0 Å². The second-order valence-electron chi connectivity index (χ2n) is 5.31. The third kappa shape index (κ3) is 2.88. The Morgan fingerprint density at radius 3 is 2.71 bits per heavy atom. The zero-order valence-corrected chi connectivity index (χ0v) is 11.7. The third-order valence-electron chi connectivity index (χ3n) is 3.74. The Morgan fingerprint density at radius 1 is 1.53 bits per heavy atom. The van der Waals surface area contributed by atoms with Crippen LogP contribution < -0.4 is 5.32 Å². The van der Waals surface area contributed by atoms with Crippen LogP contribution in [0.2, 0.25) is 0 Å². The molecule has 1 atom stereocenters. The normalized spacial score (nSPS) is 18.7. The minimum atomic E-state index is 0.294. The van der Waals surface area contributed by atoms with E-state index >= 15 is 0 Å². The maximum absolute atomic E-state index is 8.80. The molecule has 17 heavy (non-hydrogen) atoms. The molecule has 92 valence electrons. The topological polar surface area (TPSA) is 35.8 Å². The zero-order chi connectivity index (χ0) is 12.5. The van der Waals surface area contributed by atoms with Crippen LogP contribution in [-0.4, -0.2) is 6.54 Å². The first-order valence-electron chi connectivity index (χ1n) is 6.24. The van der Waals surface area contributed by atoms with Crippen molar-refractivity contribution >= 4 is 11.3 Å². The van der Waals surface area contributed by atoms with Crippen molar-refractivity contribution in [2.24, 2.45) is 5.41 Å². The Hall–Kier alpha value is -0.850. The van der Waals surface area contributed by atoms with Gasteiger partial charge in [-0.15, -0.1) is 11.3 Å². The van der Waals surface area contributed by atoms with Crippen molar-refractivity contribution in [3.8, 4) is 6.07 Å². The monoisotopic (exact) mass is 248 g/mol. The van der Waals surface area contributed by atoms with Crippen molar-refractivity contribution < 1.29 is 0 Å². The highest BCUT2D eigenvalue weighted by Gasteiger charge is 2.42. The van der Waals surface area contributed by atoms with E-state index in [1.165, 1.54) is 28.2 Å². The van der Waals surface area contributed by atoms with Gasteiger partial charge in [0.05, 0.1) is 6.07 Å². The van der Waals surface area contributed by atoms with Gasteiger partial charge >= 0.3 is 0 Å².